The predicted octanol–water partition coefficient (Wildman–Crippen LogP) is 4.32. The van der Waals surface area contributed by atoms with E-state index in [-0.39, 0.29) is 6.04 Å². The maximum absolute atomic E-state index is 8.67. The van der Waals surface area contributed by atoms with E-state index in [0.717, 1.165) is 10.2 Å². The van der Waals surface area contributed by atoms with E-state index < -0.39 is 0 Å². The SMILES string of the molecule is CC(CC#N)Nc1ccc(Br)c2ccccc12. The molecule has 0 saturated carbocycles. The predicted molar refractivity (Wildman–Crippen MR) is 75.0 cm³/mol. The van der Waals surface area contributed by atoms with Crippen molar-refractivity contribution < 1.29 is 0 Å². The Bertz CT molecular complexity index is 572. The molecule has 2 aromatic rings. The number of nitrogens with one attached hydrogen (secondary N) is 1. The van der Waals surface area contributed by atoms with Gasteiger partial charge in [-0.15, -0.1) is 0 Å². The summed E-state index contributed by atoms with van der Waals surface area (Å²) >= 11 is 3.55. The Morgan fingerprint density at radius 3 is 2.65 bits per heavy atom. The lowest BCUT2D eigenvalue weighted by molar-refractivity contribution is 0.822. The van der Waals surface area contributed by atoms with Gasteiger partial charge in [0.15, 0.2) is 0 Å². The number of halogens is 1. The molecule has 0 bridgehead atoms. The fourth-order valence-corrected chi connectivity index (χ4v) is 2.32. The van der Waals surface area contributed by atoms with Crippen molar-refractivity contribution in [1.82, 2.24) is 0 Å². The molecular weight excluding hydrogens is 276 g/mol. The molecule has 86 valence electrons. The number of fused-ring (bicyclic) bond motifs is 1. The van der Waals surface area contributed by atoms with Gasteiger partial charge in [0.05, 0.1) is 12.5 Å². The molecule has 1 N–H and O–H groups in total. The molecule has 0 heterocycles. The van der Waals surface area contributed by atoms with Gasteiger partial charge < -0.3 is 5.32 Å². The molecule has 0 saturated heterocycles. The molecule has 1 atom stereocenters. The Morgan fingerprint density at radius 2 is 1.94 bits per heavy atom. The first kappa shape index (κ1) is 11.9. The third kappa shape index (κ3) is 2.59. The molecule has 0 aromatic heterocycles. The molecule has 0 aliphatic heterocycles. The van der Waals surface area contributed by atoms with Crippen molar-refractivity contribution >= 4 is 32.4 Å². The van der Waals surface area contributed by atoms with Crippen molar-refractivity contribution in [1.29, 1.82) is 5.26 Å². The van der Waals surface area contributed by atoms with Crippen molar-refractivity contribution in [2.24, 2.45) is 0 Å². The van der Waals surface area contributed by atoms with Crippen LogP contribution in [0.2, 0.25) is 0 Å². The topological polar surface area (TPSA) is 35.8 Å². The highest BCUT2D eigenvalue weighted by Crippen LogP contribution is 2.30. The van der Waals surface area contributed by atoms with E-state index in [0.29, 0.717) is 6.42 Å². The second-order valence-electron chi connectivity index (χ2n) is 4.05. The quantitative estimate of drug-likeness (QED) is 0.913. The molecule has 0 aliphatic rings. The summed E-state index contributed by atoms with van der Waals surface area (Å²) in [7, 11) is 0. The maximum Gasteiger partial charge on any atom is 0.0643 e. The normalized spacial score (nSPS) is 12.1. The largest absolute Gasteiger partial charge is 0.381 e. The van der Waals surface area contributed by atoms with Gasteiger partial charge in [-0.25, -0.2) is 0 Å². The van der Waals surface area contributed by atoms with Crippen LogP contribution in [0.3, 0.4) is 0 Å². The summed E-state index contributed by atoms with van der Waals surface area (Å²) in [5, 5.41) is 14.4. The minimum Gasteiger partial charge on any atom is -0.381 e. The van der Waals surface area contributed by atoms with E-state index in [9.17, 15) is 0 Å². The average Bonchev–Trinajstić information content (AvgIpc) is 2.34. The van der Waals surface area contributed by atoms with E-state index in [1.807, 2.05) is 31.2 Å². The van der Waals surface area contributed by atoms with Crippen LogP contribution in [0.1, 0.15) is 13.3 Å². The van der Waals surface area contributed by atoms with Crippen molar-refractivity contribution in [3.8, 4) is 6.07 Å². The maximum atomic E-state index is 8.67. The Labute approximate surface area is 109 Å². The van der Waals surface area contributed by atoms with E-state index in [1.54, 1.807) is 0 Å². The first-order valence-electron chi connectivity index (χ1n) is 5.53. The van der Waals surface area contributed by atoms with Gasteiger partial charge in [0.2, 0.25) is 0 Å². The van der Waals surface area contributed by atoms with Gasteiger partial charge in [-0.3, -0.25) is 0 Å². The van der Waals surface area contributed by atoms with Crippen LogP contribution in [0.15, 0.2) is 40.9 Å². The summed E-state index contributed by atoms with van der Waals surface area (Å²) in [5.74, 6) is 0. The fraction of sp³-hybridized carbons (Fsp3) is 0.214. The van der Waals surface area contributed by atoms with Crippen LogP contribution in [-0.2, 0) is 0 Å². The highest BCUT2D eigenvalue weighted by Gasteiger charge is 2.06. The number of hydrogen-bond acceptors (Lipinski definition) is 2. The lowest BCUT2D eigenvalue weighted by atomic mass is 10.1. The average molecular weight is 289 g/mol. The Balaban J connectivity index is 2.42. The van der Waals surface area contributed by atoms with Crippen LogP contribution in [-0.4, -0.2) is 6.04 Å². The molecule has 0 radical (unpaired) electrons. The summed E-state index contributed by atoms with van der Waals surface area (Å²) in [5.41, 5.74) is 1.08. The van der Waals surface area contributed by atoms with E-state index in [1.165, 1.54) is 10.8 Å². The lowest BCUT2D eigenvalue weighted by Crippen LogP contribution is -2.14. The van der Waals surface area contributed by atoms with Crippen molar-refractivity contribution in [3.63, 3.8) is 0 Å². The standard InChI is InChI=1S/C14H13BrN2/c1-10(8-9-16)17-14-7-6-13(15)11-4-2-3-5-12(11)14/h2-7,10,17H,8H2,1H3. The smallest absolute Gasteiger partial charge is 0.0643 e. The number of nitrogens with zero attached hydrogens (tertiary/aromatic N) is 1. The minimum atomic E-state index is 0.157. The molecule has 2 rings (SSSR count). The Morgan fingerprint density at radius 1 is 1.24 bits per heavy atom. The Hall–Kier alpha value is -1.53. The molecule has 0 fully saturated rings. The van der Waals surface area contributed by atoms with Gasteiger partial charge in [0.25, 0.3) is 0 Å². The highest BCUT2D eigenvalue weighted by molar-refractivity contribution is 9.10. The number of hydrogen-bond donors (Lipinski definition) is 1. The molecule has 0 spiro atoms. The molecule has 0 aliphatic carbocycles. The summed E-state index contributed by atoms with van der Waals surface area (Å²) in [6.45, 7) is 2.01. The molecule has 2 nitrogen and oxygen atoms in total. The third-order valence-corrected chi connectivity index (χ3v) is 3.36. The van der Waals surface area contributed by atoms with Crippen LogP contribution < -0.4 is 5.32 Å². The van der Waals surface area contributed by atoms with E-state index in [2.05, 4.69) is 39.4 Å². The van der Waals surface area contributed by atoms with Gasteiger partial charge in [0.1, 0.15) is 0 Å². The second kappa shape index (κ2) is 5.20. The number of rotatable bonds is 3. The van der Waals surface area contributed by atoms with Gasteiger partial charge in [-0.1, -0.05) is 40.2 Å². The molecule has 1 unspecified atom stereocenters. The number of anilines is 1. The second-order valence-corrected chi connectivity index (χ2v) is 4.90. The van der Waals surface area contributed by atoms with Crippen LogP contribution in [0, 0.1) is 11.3 Å². The summed E-state index contributed by atoms with van der Waals surface area (Å²) in [6.07, 6.45) is 0.504. The van der Waals surface area contributed by atoms with Crippen LogP contribution >= 0.6 is 15.9 Å². The highest BCUT2D eigenvalue weighted by atomic mass is 79.9. The van der Waals surface area contributed by atoms with Crippen LogP contribution in [0.4, 0.5) is 5.69 Å². The Kier molecular flexibility index (Phi) is 3.65. The fourth-order valence-electron chi connectivity index (χ4n) is 1.84. The molecule has 2 aromatic carbocycles. The zero-order chi connectivity index (χ0) is 12.3. The van der Waals surface area contributed by atoms with Gasteiger partial charge >= 0.3 is 0 Å². The third-order valence-electron chi connectivity index (χ3n) is 2.67. The first-order valence-corrected chi connectivity index (χ1v) is 6.32. The lowest BCUT2D eigenvalue weighted by Gasteiger charge is -2.15. The summed E-state index contributed by atoms with van der Waals surface area (Å²) in [6, 6.07) is 14.6. The van der Waals surface area contributed by atoms with Crippen molar-refractivity contribution in [2.45, 2.75) is 19.4 Å². The zero-order valence-corrected chi connectivity index (χ0v) is 11.2. The van der Waals surface area contributed by atoms with Crippen molar-refractivity contribution in [3.05, 3.63) is 40.9 Å². The van der Waals surface area contributed by atoms with Crippen LogP contribution in [0.25, 0.3) is 10.8 Å². The number of nitriles is 1. The van der Waals surface area contributed by atoms with Gasteiger partial charge in [0, 0.05) is 21.6 Å². The molecule has 17 heavy (non-hydrogen) atoms. The van der Waals surface area contributed by atoms with E-state index in [4.69, 9.17) is 5.26 Å². The molecule has 0 amide bonds. The zero-order valence-electron chi connectivity index (χ0n) is 9.57. The first-order chi connectivity index (χ1) is 8.22. The van der Waals surface area contributed by atoms with Gasteiger partial charge in [-0.05, 0) is 24.4 Å². The number of benzene rings is 2. The molecule has 3 heteroatoms. The van der Waals surface area contributed by atoms with Gasteiger partial charge in [-0.2, -0.15) is 5.26 Å². The van der Waals surface area contributed by atoms with E-state index >= 15 is 0 Å². The van der Waals surface area contributed by atoms with Crippen molar-refractivity contribution in [2.75, 3.05) is 5.32 Å². The minimum absolute atomic E-state index is 0.157. The summed E-state index contributed by atoms with van der Waals surface area (Å²) < 4.78 is 1.09. The summed E-state index contributed by atoms with van der Waals surface area (Å²) in [4.78, 5) is 0. The monoisotopic (exact) mass is 288 g/mol. The van der Waals surface area contributed by atoms with Crippen LogP contribution in [0.5, 0.6) is 0 Å². The molecular formula is C14H13BrN2.